The van der Waals surface area contributed by atoms with Gasteiger partial charge in [0.05, 0.1) is 12.0 Å². The molecule has 1 rings (SSSR count). The van der Waals surface area contributed by atoms with Crippen molar-refractivity contribution in [3.63, 3.8) is 0 Å². The summed E-state index contributed by atoms with van der Waals surface area (Å²) in [5.41, 5.74) is 1.43. The number of nitrogens with one attached hydrogen (secondary N) is 1. The fourth-order valence-electron chi connectivity index (χ4n) is 1.25. The number of hydrogen-bond acceptors (Lipinski definition) is 5. The summed E-state index contributed by atoms with van der Waals surface area (Å²) in [4.78, 5) is 12.4. The number of benzene rings is 1. The van der Waals surface area contributed by atoms with E-state index >= 15 is 0 Å². The van der Waals surface area contributed by atoms with Crippen molar-refractivity contribution in [1.29, 1.82) is 0 Å². The lowest BCUT2D eigenvalue weighted by Crippen LogP contribution is -2.25. The zero-order chi connectivity index (χ0) is 12.7. The number of rotatable bonds is 6. The zero-order valence-electron chi connectivity index (χ0n) is 9.10. The van der Waals surface area contributed by atoms with Gasteiger partial charge in [-0.1, -0.05) is 21.0 Å². The molecule has 0 fully saturated rings. The van der Waals surface area contributed by atoms with Gasteiger partial charge in [0.15, 0.2) is 0 Å². The van der Waals surface area contributed by atoms with Crippen molar-refractivity contribution >= 4 is 33.9 Å². The highest BCUT2D eigenvalue weighted by atomic mass is 79.9. The second-order valence-corrected chi connectivity index (χ2v) is 4.71. The Morgan fingerprint density at radius 2 is 2.35 bits per heavy atom. The Kier molecular flexibility index (Phi) is 6.53. The molecule has 7 heteroatoms. The fraction of sp³-hybridized carbons (Fsp3) is 0.300. The Balaban J connectivity index is 2.71. The van der Waals surface area contributed by atoms with Gasteiger partial charge in [-0.15, -0.1) is 4.33 Å². The Bertz CT molecular complexity index is 389. The van der Waals surface area contributed by atoms with Crippen LogP contribution in [0.3, 0.4) is 0 Å². The SMILES string of the molecule is Cc1cc(SOOO)ccc1C(=O)NCCBr. The molecule has 0 saturated carbocycles. The topological polar surface area (TPSA) is 67.8 Å². The minimum Gasteiger partial charge on any atom is -0.351 e. The average Bonchev–Trinajstić information content (AvgIpc) is 2.33. The maximum absolute atomic E-state index is 11.7. The molecule has 0 aliphatic rings. The van der Waals surface area contributed by atoms with Crippen LogP contribution in [0.1, 0.15) is 15.9 Å². The van der Waals surface area contributed by atoms with Crippen molar-refractivity contribution < 1.29 is 19.4 Å². The largest absolute Gasteiger partial charge is 0.351 e. The Hall–Kier alpha value is -0.600. The summed E-state index contributed by atoms with van der Waals surface area (Å²) in [6.45, 7) is 2.41. The minimum atomic E-state index is -0.113. The summed E-state index contributed by atoms with van der Waals surface area (Å²) < 4.78 is 4.31. The van der Waals surface area contributed by atoms with Crippen molar-refractivity contribution in [2.75, 3.05) is 11.9 Å². The van der Waals surface area contributed by atoms with Crippen molar-refractivity contribution in [2.24, 2.45) is 0 Å². The van der Waals surface area contributed by atoms with E-state index in [4.69, 9.17) is 5.26 Å². The third-order valence-corrected chi connectivity index (χ3v) is 2.96. The number of alkyl halides is 1. The van der Waals surface area contributed by atoms with E-state index in [1.54, 1.807) is 18.2 Å². The van der Waals surface area contributed by atoms with E-state index in [1.165, 1.54) is 0 Å². The number of carbonyl (C=O) groups excluding carboxylic acids is 1. The normalized spacial score (nSPS) is 10.3. The lowest BCUT2D eigenvalue weighted by atomic mass is 10.1. The lowest BCUT2D eigenvalue weighted by Gasteiger charge is -2.07. The Morgan fingerprint density at radius 3 is 2.94 bits per heavy atom. The molecule has 1 aromatic rings. The van der Waals surface area contributed by atoms with Gasteiger partial charge in [-0.2, -0.15) is 0 Å². The highest BCUT2D eigenvalue weighted by Crippen LogP contribution is 2.22. The molecule has 0 aliphatic heterocycles. The Labute approximate surface area is 112 Å². The van der Waals surface area contributed by atoms with Crippen LogP contribution in [0, 0.1) is 6.92 Å². The van der Waals surface area contributed by atoms with Gasteiger partial charge in [-0.3, -0.25) is 4.79 Å². The second-order valence-electron chi connectivity index (χ2n) is 3.15. The average molecular weight is 322 g/mol. The molecule has 0 bridgehead atoms. The number of hydrogen-bond donors (Lipinski definition) is 2. The van der Waals surface area contributed by atoms with Gasteiger partial charge in [0.2, 0.25) is 0 Å². The predicted octanol–water partition coefficient (Wildman–Crippen LogP) is 2.55. The van der Waals surface area contributed by atoms with Crippen LogP contribution in [0.4, 0.5) is 0 Å². The monoisotopic (exact) mass is 321 g/mol. The standard InChI is InChI=1S/C10H12BrNO4S/c1-7-6-8(17-16-15-14)2-3-9(7)10(13)12-5-4-11/h2-3,6,14H,4-5H2,1H3,(H,12,13). The molecule has 1 aromatic carbocycles. The molecule has 0 spiro atoms. The quantitative estimate of drug-likeness (QED) is 0.365. The zero-order valence-corrected chi connectivity index (χ0v) is 11.5. The maximum Gasteiger partial charge on any atom is 0.251 e. The highest BCUT2D eigenvalue weighted by Gasteiger charge is 2.09. The molecule has 94 valence electrons. The van der Waals surface area contributed by atoms with Crippen LogP contribution in [0.15, 0.2) is 23.1 Å². The van der Waals surface area contributed by atoms with E-state index in [9.17, 15) is 4.79 Å². The van der Waals surface area contributed by atoms with E-state index < -0.39 is 0 Å². The summed E-state index contributed by atoms with van der Waals surface area (Å²) in [6, 6.07) is 5.18. The van der Waals surface area contributed by atoms with E-state index in [1.807, 2.05) is 6.92 Å². The number of amides is 1. The molecule has 0 saturated heterocycles. The molecule has 17 heavy (non-hydrogen) atoms. The van der Waals surface area contributed by atoms with Crippen molar-refractivity contribution in [2.45, 2.75) is 11.8 Å². The van der Waals surface area contributed by atoms with Gasteiger partial charge in [-0.25, -0.2) is 5.26 Å². The molecule has 5 nitrogen and oxygen atoms in total. The first-order valence-electron chi connectivity index (χ1n) is 4.78. The predicted molar refractivity (Wildman–Crippen MR) is 68.0 cm³/mol. The number of aryl methyl sites for hydroxylation is 1. The summed E-state index contributed by atoms with van der Waals surface area (Å²) in [5, 5.41) is 15.0. The first kappa shape index (κ1) is 14.5. The van der Waals surface area contributed by atoms with E-state index in [0.717, 1.165) is 22.5 Å². The van der Waals surface area contributed by atoms with Gasteiger partial charge >= 0.3 is 0 Å². The van der Waals surface area contributed by atoms with Gasteiger partial charge in [0, 0.05) is 22.3 Å². The van der Waals surface area contributed by atoms with Crippen molar-refractivity contribution in [1.82, 2.24) is 5.32 Å². The lowest BCUT2D eigenvalue weighted by molar-refractivity contribution is -0.432. The number of carbonyl (C=O) groups is 1. The van der Waals surface area contributed by atoms with Crippen LogP contribution in [0.2, 0.25) is 0 Å². The van der Waals surface area contributed by atoms with Crippen molar-refractivity contribution in [3.8, 4) is 0 Å². The molecule has 0 unspecified atom stereocenters. The minimum absolute atomic E-state index is 0.113. The third-order valence-electron chi connectivity index (χ3n) is 1.98. The molecule has 0 aromatic heterocycles. The second kappa shape index (κ2) is 7.67. The highest BCUT2D eigenvalue weighted by molar-refractivity contribution is 9.09. The van der Waals surface area contributed by atoms with Crippen LogP contribution < -0.4 is 5.32 Å². The van der Waals surface area contributed by atoms with Gasteiger partial charge in [-0.05, 0) is 30.7 Å². The summed E-state index contributed by atoms with van der Waals surface area (Å²) in [6.07, 6.45) is 0. The van der Waals surface area contributed by atoms with E-state index in [0.29, 0.717) is 17.4 Å². The smallest absolute Gasteiger partial charge is 0.251 e. The molecule has 2 N–H and O–H groups in total. The van der Waals surface area contributed by atoms with Crippen LogP contribution >= 0.6 is 28.0 Å². The van der Waals surface area contributed by atoms with Crippen molar-refractivity contribution in [3.05, 3.63) is 29.3 Å². The fourth-order valence-corrected chi connectivity index (χ4v) is 1.91. The van der Waals surface area contributed by atoms with Crippen LogP contribution in [-0.4, -0.2) is 23.0 Å². The number of halogens is 1. The summed E-state index contributed by atoms with van der Waals surface area (Å²) in [5.74, 6) is -0.113. The maximum atomic E-state index is 11.7. The molecule has 0 heterocycles. The molecular weight excluding hydrogens is 310 g/mol. The van der Waals surface area contributed by atoms with Gasteiger partial charge < -0.3 is 5.32 Å². The van der Waals surface area contributed by atoms with E-state index in [-0.39, 0.29) is 5.91 Å². The Morgan fingerprint density at radius 1 is 1.59 bits per heavy atom. The summed E-state index contributed by atoms with van der Waals surface area (Å²) >= 11 is 4.10. The van der Waals surface area contributed by atoms with Crippen LogP contribution in [0.25, 0.3) is 0 Å². The molecule has 0 aliphatic carbocycles. The first-order valence-corrected chi connectivity index (χ1v) is 6.65. The van der Waals surface area contributed by atoms with Crippen LogP contribution in [-0.2, 0) is 9.37 Å². The first-order chi connectivity index (χ1) is 8.19. The molecule has 1 amide bonds. The molecular formula is C10H12BrNO4S. The molecule has 0 radical (unpaired) electrons. The van der Waals surface area contributed by atoms with E-state index in [2.05, 4.69) is 30.6 Å². The third kappa shape index (κ3) is 4.64. The van der Waals surface area contributed by atoms with Gasteiger partial charge in [0.25, 0.3) is 5.91 Å². The summed E-state index contributed by atoms with van der Waals surface area (Å²) in [7, 11) is 0. The van der Waals surface area contributed by atoms with Crippen LogP contribution in [0.5, 0.6) is 0 Å². The molecule has 0 atom stereocenters. The van der Waals surface area contributed by atoms with Gasteiger partial charge in [0.1, 0.15) is 0 Å².